The molecule has 0 amide bonds. The molecule has 0 aromatic heterocycles. The number of hydrogen-bond donors (Lipinski definition) is 0. The molecule has 10 heavy (non-hydrogen) atoms. The fraction of sp³-hybridized carbons (Fsp3) is 1.00. The Morgan fingerprint density at radius 3 is 1.70 bits per heavy atom. The summed E-state index contributed by atoms with van der Waals surface area (Å²) in [4.78, 5) is 0. The Kier molecular flexibility index (Phi) is 1.88. The normalized spacial score (nSPS) is 39.6. The van der Waals surface area contributed by atoms with Crippen LogP contribution in [-0.4, -0.2) is 18.3 Å². The van der Waals surface area contributed by atoms with Crippen LogP contribution in [0.4, 0.5) is 17.6 Å². The summed E-state index contributed by atoms with van der Waals surface area (Å²) in [6.07, 6.45) is -4.77. The van der Waals surface area contributed by atoms with Crippen LogP contribution in [-0.2, 0) is 0 Å². The highest BCUT2D eigenvalue weighted by molar-refractivity contribution is 4.89. The third-order valence-electron chi connectivity index (χ3n) is 1.75. The van der Waals surface area contributed by atoms with Crippen molar-refractivity contribution in [2.75, 3.05) is 0 Å². The molecule has 1 aliphatic rings. The molecule has 0 bridgehead atoms. The first-order chi connectivity index (χ1) is 4.55. The monoisotopic (exact) mass is 156 g/mol. The SMILES string of the molecule is FC1CCCC(F)C1(F)F. The third-order valence-corrected chi connectivity index (χ3v) is 1.75. The van der Waals surface area contributed by atoms with Gasteiger partial charge in [-0.3, -0.25) is 0 Å². The van der Waals surface area contributed by atoms with E-state index in [1.54, 1.807) is 0 Å². The summed E-state index contributed by atoms with van der Waals surface area (Å²) in [6.45, 7) is 0. The van der Waals surface area contributed by atoms with E-state index in [1.165, 1.54) is 0 Å². The van der Waals surface area contributed by atoms with Gasteiger partial charge in [0.05, 0.1) is 0 Å². The molecular weight excluding hydrogens is 148 g/mol. The van der Waals surface area contributed by atoms with Gasteiger partial charge in [-0.1, -0.05) is 0 Å². The molecule has 0 aromatic rings. The van der Waals surface area contributed by atoms with E-state index in [-0.39, 0.29) is 19.3 Å². The number of rotatable bonds is 0. The van der Waals surface area contributed by atoms with Gasteiger partial charge in [0.15, 0.2) is 12.3 Å². The molecule has 0 saturated heterocycles. The van der Waals surface area contributed by atoms with Crippen LogP contribution in [0, 0.1) is 0 Å². The minimum atomic E-state index is -3.74. The summed E-state index contributed by atoms with van der Waals surface area (Å²) in [7, 11) is 0. The quantitative estimate of drug-likeness (QED) is 0.472. The van der Waals surface area contributed by atoms with Crippen molar-refractivity contribution in [3.63, 3.8) is 0 Å². The summed E-state index contributed by atoms with van der Waals surface area (Å²) in [6, 6.07) is 0. The summed E-state index contributed by atoms with van der Waals surface area (Å²) in [5, 5.41) is 0. The predicted molar refractivity (Wildman–Crippen MR) is 28.6 cm³/mol. The van der Waals surface area contributed by atoms with Crippen molar-refractivity contribution in [1.82, 2.24) is 0 Å². The lowest BCUT2D eigenvalue weighted by molar-refractivity contribution is -0.147. The van der Waals surface area contributed by atoms with Crippen LogP contribution in [0.3, 0.4) is 0 Å². The number of hydrogen-bond acceptors (Lipinski definition) is 0. The van der Waals surface area contributed by atoms with Crippen molar-refractivity contribution in [3.8, 4) is 0 Å². The summed E-state index contributed by atoms with van der Waals surface area (Å²) in [5.41, 5.74) is 0. The Balaban J connectivity index is 2.63. The highest BCUT2D eigenvalue weighted by Crippen LogP contribution is 2.37. The maximum atomic E-state index is 12.2. The molecule has 1 aliphatic carbocycles. The van der Waals surface area contributed by atoms with Crippen LogP contribution >= 0.6 is 0 Å². The maximum Gasteiger partial charge on any atom is 0.309 e. The Morgan fingerprint density at radius 2 is 1.40 bits per heavy atom. The lowest BCUT2D eigenvalue weighted by atomic mass is 9.93. The molecular formula is C6H8F4. The van der Waals surface area contributed by atoms with Crippen molar-refractivity contribution < 1.29 is 17.6 Å². The zero-order valence-corrected chi connectivity index (χ0v) is 5.29. The second-order valence-electron chi connectivity index (χ2n) is 2.54. The smallest absolute Gasteiger partial charge is 0.241 e. The first kappa shape index (κ1) is 7.82. The lowest BCUT2D eigenvalue weighted by Crippen LogP contribution is -2.43. The molecule has 1 saturated carbocycles. The van der Waals surface area contributed by atoms with E-state index in [0.29, 0.717) is 0 Å². The summed E-state index contributed by atoms with van der Waals surface area (Å²) in [5.74, 6) is -3.74. The van der Waals surface area contributed by atoms with Gasteiger partial charge in [-0.25, -0.2) is 17.6 Å². The maximum absolute atomic E-state index is 12.2. The minimum absolute atomic E-state index is 0.215. The molecule has 4 heteroatoms. The fourth-order valence-electron chi connectivity index (χ4n) is 1.06. The largest absolute Gasteiger partial charge is 0.309 e. The molecule has 1 rings (SSSR count). The molecule has 0 nitrogen and oxygen atoms in total. The van der Waals surface area contributed by atoms with Gasteiger partial charge in [0.2, 0.25) is 0 Å². The number of halogens is 4. The van der Waals surface area contributed by atoms with E-state index in [9.17, 15) is 17.6 Å². The lowest BCUT2D eigenvalue weighted by Gasteiger charge is -2.28. The molecule has 0 N–H and O–H groups in total. The van der Waals surface area contributed by atoms with Crippen LogP contribution in [0.25, 0.3) is 0 Å². The zero-order chi connectivity index (χ0) is 7.78. The minimum Gasteiger partial charge on any atom is -0.241 e. The average molecular weight is 156 g/mol. The van der Waals surface area contributed by atoms with Crippen LogP contribution in [0.5, 0.6) is 0 Å². The van der Waals surface area contributed by atoms with Crippen molar-refractivity contribution in [2.45, 2.75) is 37.5 Å². The summed E-state index contributed by atoms with van der Waals surface area (Å²) >= 11 is 0. The standard InChI is InChI=1S/C6H8F4/c7-4-2-1-3-5(8)6(4,9)10/h4-5H,1-3H2. The van der Waals surface area contributed by atoms with Crippen LogP contribution in [0.2, 0.25) is 0 Å². The van der Waals surface area contributed by atoms with E-state index in [0.717, 1.165) is 0 Å². The van der Waals surface area contributed by atoms with E-state index in [4.69, 9.17) is 0 Å². The van der Waals surface area contributed by atoms with Gasteiger partial charge in [0, 0.05) is 0 Å². The molecule has 2 atom stereocenters. The predicted octanol–water partition coefficient (Wildman–Crippen LogP) is 2.48. The molecule has 0 spiro atoms. The van der Waals surface area contributed by atoms with Crippen LogP contribution < -0.4 is 0 Å². The van der Waals surface area contributed by atoms with Gasteiger partial charge in [0.25, 0.3) is 0 Å². The topological polar surface area (TPSA) is 0 Å². The van der Waals surface area contributed by atoms with Crippen LogP contribution in [0.15, 0.2) is 0 Å². The average Bonchev–Trinajstić information content (AvgIpc) is 1.84. The second-order valence-corrected chi connectivity index (χ2v) is 2.54. The van der Waals surface area contributed by atoms with Crippen LogP contribution in [0.1, 0.15) is 19.3 Å². The van der Waals surface area contributed by atoms with Gasteiger partial charge < -0.3 is 0 Å². The van der Waals surface area contributed by atoms with Crippen molar-refractivity contribution in [1.29, 1.82) is 0 Å². The summed E-state index contributed by atoms with van der Waals surface area (Å²) < 4.78 is 48.9. The Labute approximate surface area is 56.2 Å². The molecule has 0 heterocycles. The van der Waals surface area contributed by atoms with Crippen molar-refractivity contribution >= 4 is 0 Å². The number of alkyl halides is 4. The molecule has 0 aromatic carbocycles. The first-order valence-electron chi connectivity index (χ1n) is 3.21. The van der Waals surface area contributed by atoms with Gasteiger partial charge in [-0.2, -0.15) is 0 Å². The molecule has 60 valence electrons. The highest BCUT2D eigenvalue weighted by atomic mass is 19.3. The van der Waals surface area contributed by atoms with E-state index in [2.05, 4.69) is 0 Å². The first-order valence-corrected chi connectivity index (χ1v) is 3.21. The van der Waals surface area contributed by atoms with Gasteiger partial charge in [-0.15, -0.1) is 0 Å². The molecule has 0 aliphatic heterocycles. The Morgan fingerprint density at radius 1 is 1.00 bits per heavy atom. The Hall–Kier alpha value is -0.280. The van der Waals surface area contributed by atoms with Crippen molar-refractivity contribution in [2.24, 2.45) is 0 Å². The zero-order valence-electron chi connectivity index (χ0n) is 5.29. The van der Waals surface area contributed by atoms with Gasteiger partial charge in [-0.05, 0) is 19.3 Å². The molecule has 0 radical (unpaired) electrons. The Bertz CT molecular complexity index is 111. The second kappa shape index (κ2) is 2.40. The molecule has 2 unspecified atom stereocenters. The van der Waals surface area contributed by atoms with Gasteiger partial charge >= 0.3 is 5.92 Å². The fourth-order valence-corrected chi connectivity index (χ4v) is 1.06. The van der Waals surface area contributed by atoms with E-state index >= 15 is 0 Å². The van der Waals surface area contributed by atoms with E-state index in [1.807, 2.05) is 0 Å². The van der Waals surface area contributed by atoms with Crippen molar-refractivity contribution in [3.05, 3.63) is 0 Å². The highest BCUT2D eigenvalue weighted by Gasteiger charge is 2.50. The molecule has 1 fully saturated rings. The third kappa shape index (κ3) is 1.11. The van der Waals surface area contributed by atoms with Gasteiger partial charge in [0.1, 0.15) is 0 Å². The van der Waals surface area contributed by atoms with E-state index < -0.39 is 18.3 Å².